The molecule has 3 aliphatic carbocycles. The van der Waals surface area contributed by atoms with Gasteiger partial charge in [-0.2, -0.15) is 0 Å². The summed E-state index contributed by atoms with van der Waals surface area (Å²) in [7, 11) is 1.32. The molecule has 2 nitrogen and oxygen atoms in total. The van der Waals surface area contributed by atoms with Crippen LogP contribution in [-0.4, -0.2) is 12.2 Å². The minimum absolute atomic E-state index is 0.0312. The van der Waals surface area contributed by atoms with Gasteiger partial charge in [-0.05, 0) is 54.9 Å². The van der Waals surface area contributed by atoms with Gasteiger partial charge in [-0.25, -0.2) is 13.2 Å². The maximum atomic E-state index is 15.7. The highest BCUT2D eigenvalue weighted by atomic mass is 19.2. The number of phenols is 1. The second-order valence-electron chi connectivity index (χ2n) is 8.42. The van der Waals surface area contributed by atoms with Crippen LogP contribution in [0.3, 0.4) is 0 Å². The van der Waals surface area contributed by atoms with Crippen LogP contribution in [0.1, 0.15) is 31.2 Å². The van der Waals surface area contributed by atoms with Gasteiger partial charge in [-0.15, -0.1) is 0 Å². The monoisotopic (exact) mass is 438 g/mol. The Kier molecular flexibility index (Phi) is 5.76. The molecule has 0 radical (unpaired) electrons. The van der Waals surface area contributed by atoms with Gasteiger partial charge < -0.3 is 9.84 Å². The van der Waals surface area contributed by atoms with Gasteiger partial charge in [0.05, 0.1) is 7.11 Å². The van der Waals surface area contributed by atoms with Gasteiger partial charge in [0.2, 0.25) is 0 Å². The quantitative estimate of drug-likeness (QED) is 0.402. The molecule has 0 aromatic heterocycles. The molecule has 5 heteroatoms. The first-order valence-corrected chi connectivity index (χ1v) is 10.6. The maximum absolute atomic E-state index is 15.7. The Bertz CT molecular complexity index is 1140. The van der Waals surface area contributed by atoms with Crippen LogP contribution in [0.2, 0.25) is 0 Å². The van der Waals surface area contributed by atoms with Crippen LogP contribution >= 0.6 is 0 Å². The Hall–Kier alpha value is -3.21. The number of fused-ring (bicyclic) bond motifs is 4. The summed E-state index contributed by atoms with van der Waals surface area (Å²) in [4.78, 5) is 0. The van der Waals surface area contributed by atoms with Crippen molar-refractivity contribution in [1.82, 2.24) is 0 Å². The van der Waals surface area contributed by atoms with Crippen LogP contribution in [0.4, 0.5) is 13.2 Å². The zero-order valence-electron chi connectivity index (χ0n) is 17.9. The van der Waals surface area contributed by atoms with E-state index in [1.54, 1.807) is 6.08 Å². The molecule has 0 heterocycles. The van der Waals surface area contributed by atoms with Gasteiger partial charge in [-0.1, -0.05) is 49.6 Å². The third-order valence-corrected chi connectivity index (χ3v) is 6.63. The standard InChI is InChI=1S/C27H25F3O2/c1-16-4-5-18-12-14-27(15-13-18,23(16)24(28)17(2)32-3)22-11-10-21(25(29)26(22)30)19-6-8-20(31)9-7-19/h6-12,14,18,31H,1-2,4-5,13,15H2,3H3/t18?,27-/m1/s1. The molecule has 5 rings (SSSR count). The topological polar surface area (TPSA) is 29.5 Å². The second kappa shape index (κ2) is 8.38. The van der Waals surface area contributed by atoms with E-state index in [0.717, 1.165) is 12.8 Å². The summed E-state index contributed by atoms with van der Waals surface area (Å²) >= 11 is 0. The Morgan fingerprint density at radius 1 is 1.09 bits per heavy atom. The first kappa shape index (κ1) is 22.0. The predicted octanol–water partition coefficient (Wildman–Crippen LogP) is 7.28. The molecule has 0 amide bonds. The van der Waals surface area contributed by atoms with Gasteiger partial charge in [0.25, 0.3) is 0 Å². The number of allylic oxidation sites excluding steroid dienone is 5. The predicted molar refractivity (Wildman–Crippen MR) is 120 cm³/mol. The zero-order chi connectivity index (χ0) is 23.0. The third-order valence-electron chi connectivity index (χ3n) is 6.63. The van der Waals surface area contributed by atoms with Crippen molar-refractivity contribution in [2.75, 3.05) is 7.11 Å². The molecular formula is C27H25F3O2. The summed E-state index contributed by atoms with van der Waals surface area (Å²) in [6.45, 7) is 7.72. The average molecular weight is 438 g/mol. The molecule has 0 saturated heterocycles. The molecule has 1 fully saturated rings. The number of benzene rings is 2. The smallest absolute Gasteiger partial charge is 0.169 e. The number of hydrogen-bond donors (Lipinski definition) is 1. The first-order chi connectivity index (χ1) is 15.3. The molecular weight excluding hydrogens is 413 g/mol. The average Bonchev–Trinajstić information content (AvgIpc) is 2.79. The van der Waals surface area contributed by atoms with E-state index >= 15 is 13.2 Å². The Morgan fingerprint density at radius 2 is 1.81 bits per heavy atom. The Balaban J connectivity index is 1.95. The summed E-state index contributed by atoms with van der Waals surface area (Å²) in [6, 6.07) is 8.87. The number of methoxy groups -OCH3 is 1. The summed E-state index contributed by atoms with van der Waals surface area (Å²) in [5.41, 5.74) is 0.0883. The van der Waals surface area contributed by atoms with Crippen LogP contribution in [0.5, 0.6) is 5.75 Å². The van der Waals surface area contributed by atoms with Gasteiger partial charge in [0.15, 0.2) is 17.5 Å². The molecule has 1 unspecified atom stereocenters. The molecule has 166 valence electrons. The van der Waals surface area contributed by atoms with Crippen LogP contribution in [0.25, 0.3) is 11.1 Å². The molecule has 32 heavy (non-hydrogen) atoms. The normalized spacial score (nSPS) is 24.1. The Morgan fingerprint density at radius 3 is 2.44 bits per heavy atom. The SMILES string of the molecule is C=C1CCC2C=C[C@](c3ccc(-c4ccc(O)cc4)c(F)c3F)(CC2)C1=C(F)C(=C)OC. The first-order valence-electron chi connectivity index (χ1n) is 10.6. The van der Waals surface area contributed by atoms with Gasteiger partial charge in [-0.3, -0.25) is 0 Å². The molecule has 1 saturated carbocycles. The minimum Gasteiger partial charge on any atom is -0.508 e. The number of phenolic OH excluding ortho intramolecular Hbond substituents is 1. The highest BCUT2D eigenvalue weighted by molar-refractivity contribution is 5.67. The highest BCUT2D eigenvalue weighted by Gasteiger charge is 2.44. The van der Waals surface area contributed by atoms with Crippen molar-refractivity contribution in [2.24, 2.45) is 5.92 Å². The number of hydrogen-bond acceptors (Lipinski definition) is 2. The summed E-state index contributed by atoms with van der Waals surface area (Å²) in [5, 5.41) is 9.49. The number of rotatable bonds is 4. The lowest BCUT2D eigenvalue weighted by Gasteiger charge is -2.42. The zero-order valence-corrected chi connectivity index (χ0v) is 17.9. The third kappa shape index (κ3) is 3.56. The summed E-state index contributed by atoms with van der Waals surface area (Å²) < 4.78 is 51.6. The van der Waals surface area contributed by atoms with E-state index in [1.807, 2.05) is 6.08 Å². The Labute approximate surface area is 186 Å². The fourth-order valence-electron chi connectivity index (χ4n) is 4.84. The van der Waals surface area contributed by atoms with E-state index < -0.39 is 22.9 Å². The fourth-order valence-corrected chi connectivity index (χ4v) is 4.84. The number of halogens is 3. The molecule has 3 aliphatic rings. The van der Waals surface area contributed by atoms with E-state index in [9.17, 15) is 5.11 Å². The minimum atomic E-state index is -1.21. The fraction of sp³-hybridized carbons (Fsp3) is 0.259. The van der Waals surface area contributed by atoms with Crippen molar-refractivity contribution in [1.29, 1.82) is 0 Å². The van der Waals surface area contributed by atoms with Gasteiger partial charge >= 0.3 is 0 Å². The molecule has 2 atom stereocenters. The van der Waals surface area contributed by atoms with E-state index in [-0.39, 0.29) is 28.2 Å². The van der Waals surface area contributed by atoms with E-state index in [1.165, 1.54) is 43.5 Å². The highest BCUT2D eigenvalue weighted by Crippen LogP contribution is 2.52. The van der Waals surface area contributed by atoms with Crippen LogP contribution in [0, 0.1) is 17.6 Å². The maximum Gasteiger partial charge on any atom is 0.169 e. The summed E-state index contributed by atoms with van der Waals surface area (Å²) in [6.07, 6.45) is 6.28. The van der Waals surface area contributed by atoms with Crippen LogP contribution < -0.4 is 0 Å². The van der Waals surface area contributed by atoms with Crippen molar-refractivity contribution >= 4 is 0 Å². The van der Waals surface area contributed by atoms with Crippen molar-refractivity contribution in [3.05, 3.63) is 102 Å². The second-order valence-corrected chi connectivity index (χ2v) is 8.42. The van der Waals surface area contributed by atoms with Crippen molar-refractivity contribution in [3.8, 4) is 16.9 Å². The molecule has 0 aliphatic heterocycles. The molecule has 2 aromatic carbocycles. The molecule has 2 bridgehead atoms. The lowest BCUT2D eigenvalue weighted by Crippen LogP contribution is -2.35. The number of ether oxygens (including phenoxy) is 1. The number of aromatic hydroxyl groups is 1. The van der Waals surface area contributed by atoms with Crippen LogP contribution in [0.15, 0.2) is 84.4 Å². The van der Waals surface area contributed by atoms with E-state index in [2.05, 4.69) is 13.2 Å². The van der Waals surface area contributed by atoms with E-state index in [4.69, 9.17) is 4.74 Å². The van der Waals surface area contributed by atoms with Crippen LogP contribution in [-0.2, 0) is 10.2 Å². The van der Waals surface area contributed by atoms with Gasteiger partial charge in [0.1, 0.15) is 11.5 Å². The molecule has 2 aromatic rings. The lowest BCUT2D eigenvalue weighted by molar-refractivity contribution is 0.280. The molecule has 1 N–H and O–H groups in total. The molecule has 0 spiro atoms. The summed E-state index contributed by atoms with van der Waals surface area (Å²) in [5.74, 6) is -2.58. The van der Waals surface area contributed by atoms with E-state index in [0.29, 0.717) is 29.9 Å². The van der Waals surface area contributed by atoms with Crippen molar-refractivity contribution in [3.63, 3.8) is 0 Å². The lowest BCUT2D eigenvalue weighted by atomic mass is 9.61. The van der Waals surface area contributed by atoms with Crippen molar-refractivity contribution in [2.45, 2.75) is 31.1 Å². The van der Waals surface area contributed by atoms with Gasteiger partial charge in [0, 0.05) is 22.1 Å². The van der Waals surface area contributed by atoms with Crippen molar-refractivity contribution < 1.29 is 23.0 Å². The largest absolute Gasteiger partial charge is 0.508 e.